The summed E-state index contributed by atoms with van der Waals surface area (Å²) >= 11 is 0. The number of hydrogen-bond donors (Lipinski definition) is 2. The molecule has 0 bridgehead atoms. The number of sulfonamides is 1. The van der Waals surface area contributed by atoms with Gasteiger partial charge in [-0.1, -0.05) is 6.07 Å². The average molecular weight is 285 g/mol. The van der Waals surface area contributed by atoms with Crippen molar-refractivity contribution in [3.8, 4) is 0 Å². The Morgan fingerprint density at radius 2 is 1.89 bits per heavy atom. The van der Waals surface area contributed by atoms with Gasteiger partial charge in [0.2, 0.25) is 10.0 Å². The highest BCUT2D eigenvalue weighted by molar-refractivity contribution is 7.89. The van der Waals surface area contributed by atoms with Crippen LogP contribution in [0.3, 0.4) is 0 Å². The van der Waals surface area contributed by atoms with Crippen molar-refractivity contribution in [3.63, 3.8) is 0 Å². The molecule has 6 heteroatoms. The minimum Gasteiger partial charge on any atom is -0.398 e. The van der Waals surface area contributed by atoms with E-state index in [1.54, 1.807) is 13.0 Å². The summed E-state index contributed by atoms with van der Waals surface area (Å²) in [6.07, 6.45) is 0. The van der Waals surface area contributed by atoms with Crippen molar-refractivity contribution in [2.75, 3.05) is 26.4 Å². The summed E-state index contributed by atoms with van der Waals surface area (Å²) in [5.74, 6) is 0. The Morgan fingerprint density at radius 3 is 2.42 bits per heavy atom. The van der Waals surface area contributed by atoms with Gasteiger partial charge in [0.05, 0.1) is 5.69 Å². The van der Waals surface area contributed by atoms with Crippen molar-refractivity contribution < 1.29 is 8.42 Å². The fourth-order valence-corrected chi connectivity index (χ4v) is 3.74. The molecule has 0 aliphatic heterocycles. The van der Waals surface area contributed by atoms with Crippen LogP contribution in [0.1, 0.15) is 18.1 Å². The second kappa shape index (κ2) is 5.90. The van der Waals surface area contributed by atoms with Gasteiger partial charge in [-0.05, 0) is 52.1 Å². The number of likely N-dealkylation sites (N-methyl/N-ethyl adjacent to an activating group) is 1. The van der Waals surface area contributed by atoms with Crippen LogP contribution in [0.5, 0.6) is 0 Å². The van der Waals surface area contributed by atoms with E-state index in [9.17, 15) is 8.42 Å². The summed E-state index contributed by atoms with van der Waals surface area (Å²) in [6, 6.07) is 3.28. The standard InChI is InChI=1S/C13H23N3O2S/c1-9-6-7-12(14)13(11(9)3)19(17,18)15-10(2)8-16(4)5/h6-7,10,15H,8,14H2,1-5H3. The van der Waals surface area contributed by atoms with E-state index in [4.69, 9.17) is 5.73 Å². The summed E-state index contributed by atoms with van der Waals surface area (Å²) in [7, 11) is 0.209. The van der Waals surface area contributed by atoms with E-state index in [1.165, 1.54) is 0 Å². The Hall–Kier alpha value is -1.11. The van der Waals surface area contributed by atoms with Gasteiger partial charge in [-0.2, -0.15) is 0 Å². The maximum absolute atomic E-state index is 12.4. The molecule has 1 rings (SSSR count). The van der Waals surface area contributed by atoms with Gasteiger partial charge in [-0.3, -0.25) is 0 Å². The zero-order valence-electron chi connectivity index (χ0n) is 12.2. The molecule has 0 heterocycles. The Balaban J connectivity index is 3.11. The zero-order valence-corrected chi connectivity index (χ0v) is 13.0. The molecule has 1 unspecified atom stereocenters. The van der Waals surface area contributed by atoms with Crippen LogP contribution in [0.15, 0.2) is 17.0 Å². The molecular formula is C13H23N3O2S. The van der Waals surface area contributed by atoms with Crippen molar-refractivity contribution in [1.82, 2.24) is 9.62 Å². The number of nitrogens with zero attached hydrogens (tertiary/aromatic N) is 1. The summed E-state index contributed by atoms with van der Waals surface area (Å²) in [6.45, 7) is 6.11. The minimum absolute atomic E-state index is 0.181. The van der Waals surface area contributed by atoms with Crippen LogP contribution in [0.4, 0.5) is 5.69 Å². The highest BCUT2D eigenvalue weighted by Gasteiger charge is 2.23. The molecule has 1 aromatic rings. The number of nitrogens with two attached hydrogens (primary N) is 1. The molecule has 0 amide bonds. The Bertz CT molecular complexity index is 553. The summed E-state index contributed by atoms with van der Waals surface area (Å²) in [5.41, 5.74) is 7.72. The van der Waals surface area contributed by atoms with E-state index in [1.807, 2.05) is 38.9 Å². The van der Waals surface area contributed by atoms with E-state index >= 15 is 0 Å². The van der Waals surface area contributed by atoms with Gasteiger partial charge >= 0.3 is 0 Å². The SMILES string of the molecule is Cc1ccc(N)c(S(=O)(=O)NC(C)CN(C)C)c1C. The van der Waals surface area contributed by atoms with Crippen molar-refractivity contribution in [1.29, 1.82) is 0 Å². The lowest BCUT2D eigenvalue weighted by Gasteiger charge is -2.20. The molecule has 0 aliphatic rings. The fourth-order valence-electron chi connectivity index (χ4n) is 2.08. The molecule has 19 heavy (non-hydrogen) atoms. The van der Waals surface area contributed by atoms with Crippen LogP contribution in [0, 0.1) is 13.8 Å². The summed E-state index contributed by atoms with van der Waals surface area (Å²) in [5, 5.41) is 0. The van der Waals surface area contributed by atoms with Crippen molar-refractivity contribution in [3.05, 3.63) is 23.3 Å². The first-order valence-corrected chi connectivity index (χ1v) is 7.66. The smallest absolute Gasteiger partial charge is 0.243 e. The van der Waals surface area contributed by atoms with Crippen LogP contribution in [0.25, 0.3) is 0 Å². The predicted molar refractivity (Wildman–Crippen MR) is 78.7 cm³/mol. The number of rotatable bonds is 5. The molecule has 0 radical (unpaired) electrons. The molecule has 108 valence electrons. The second-order valence-electron chi connectivity index (χ2n) is 5.21. The van der Waals surface area contributed by atoms with E-state index in [0.717, 1.165) is 5.56 Å². The quantitative estimate of drug-likeness (QED) is 0.795. The van der Waals surface area contributed by atoms with E-state index in [-0.39, 0.29) is 16.6 Å². The predicted octanol–water partition coefficient (Wildman–Crippen LogP) is 1.11. The van der Waals surface area contributed by atoms with Gasteiger partial charge in [0.25, 0.3) is 0 Å². The third-order valence-electron chi connectivity index (χ3n) is 2.97. The number of hydrogen-bond acceptors (Lipinski definition) is 4. The molecule has 0 spiro atoms. The first-order chi connectivity index (χ1) is 8.65. The van der Waals surface area contributed by atoms with Crippen molar-refractivity contribution in [2.24, 2.45) is 0 Å². The topological polar surface area (TPSA) is 75.4 Å². The molecule has 0 saturated carbocycles. The number of nitrogens with one attached hydrogen (secondary N) is 1. The lowest BCUT2D eigenvalue weighted by molar-refractivity contribution is 0.370. The molecule has 0 fully saturated rings. The second-order valence-corrected chi connectivity index (χ2v) is 6.86. The first-order valence-electron chi connectivity index (χ1n) is 6.18. The first kappa shape index (κ1) is 15.9. The molecule has 5 nitrogen and oxygen atoms in total. The molecular weight excluding hydrogens is 262 g/mol. The number of aryl methyl sites for hydroxylation is 1. The van der Waals surface area contributed by atoms with Crippen LogP contribution >= 0.6 is 0 Å². The Morgan fingerprint density at radius 1 is 1.32 bits per heavy atom. The van der Waals surface area contributed by atoms with Crippen molar-refractivity contribution in [2.45, 2.75) is 31.7 Å². The van der Waals surface area contributed by atoms with E-state index in [0.29, 0.717) is 12.1 Å². The Labute approximate surface area is 115 Å². The largest absolute Gasteiger partial charge is 0.398 e. The van der Waals surface area contributed by atoms with Gasteiger partial charge in [0, 0.05) is 12.6 Å². The van der Waals surface area contributed by atoms with Crippen LogP contribution in [0.2, 0.25) is 0 Å². The van der Waals surface area contributed by atoms with Gasteiger partial charge in [-0.25, -0.2) is 13.1 Å². The number of nitrogen functional groups attached to an aromatic ring is 1. The fraction of sp³-hybridized carbons (Fsp3) is 0.538. The van der Waals surface area contributed by atoms with Gasteiger partial charge in [0.15, 0.2) is 0 Å². The lowest BCUT2D eigenvalue weighted by Crippen LogP contribution is -2.40. The monoisotopic (exact) mass is 285 g/mol. The van der Waals surface area contributed by atoms with Crippen LogP contribution in [-0.4, -0.2) is 40.0 Å². The van der Waals surface area contributed by atoms with Gasteiger partial charge in [0.1, 0.15) is 4.90 Å². The maximum atomic E-state index is 12.4. The third-order valence-corrected chi connectivity index (χ3v) is 4.76. The molecule has 1 atom stereocenters. The van der Waals surface area contributed by atoms with E-state index < -0.39 is 10.0 Å². The van der Waals surface area contributed by atoms with Gasteiger partial charge in [-0.15, -0.1) is 0 Å². The molecule has 3 N–H and O–H groups in total. The lowest BCUT2D eigenvalue weighted by atomic mass is 10.1. The minimum atomic E-state index is -3.59. The third kappa shape index (κ3) is 3.92. The van der Waals surface area contributed by atoms with Crippen LogP contribution < -0.4 is 10.5 Å². The number of anilines is 1. The highest BCUT2D eigenvalue weighted by atomic mass is 32.2. The van der Waals surface area contributed by atoms with Crippen molar-refractivity contribution >= 4 is 15.7 Å². The normalized spacial score (nSPS) is 13.8. The summed E-state index contributed by atoms with van der Waals surface area (Å²) in [4.78, 5) is 2.12. The molecule has 0 aliphatic carbocycles. The van der Waals surface area contributed by atoms with Gasteiger partial charge < -0.3 is 10.6 Å². The summed E-state index contributed by atoms with van der Waals surface area (Å²) < 4.78 is 27.5. The molecule has 0 saturated heterocycles. The zero-order chi connectivity index (χ0) is 14.8. The number of benzene rings is 1. The molecule has 0 aromatic heterocycles. The Kier molecular flexibility index (Phi) is 4.95. The van der Waals surface area contributed by atoms with Crippen LogP contribution in [-0.2, 0) is 10.0 Å². The maximum Gasteiger partial charge on any atom is 0.243 e. The average Bonchev–Trinajstić information content (AvgIpc) is 2.21. The molecule has 1 aromatic carbocycles. The van der Waals surface area contributed by atoms with E-state index in [2.05, 4.69) is 4.72 Å². The highest BCUT2D eigenvalue weighted by Crippen LogP contribution is 2.25.